The Kier molecular flexibility index (Phi) is 5.09. The van der Waals surface area contributed by atoms with Gasteiger partial charge in [-0.05, 0) is 17.0 Å². The van der Waals surface area contributed by atoms with Gasteiger partial charge in [0, 0.05) is 40.5 Å². The van der Waals surface area contributed by atoms with Crippen LogP contribution < -0.4 is 0 Å². The Morgan fingerprint density at radius 3 is 1.35 bits per heavy atom. The van der Waals surface area contributed by atoms with Crippen LogP contribution in [0.1, 0.15) is 91.9 Å². The largest absolute Gasteiger partial charge is 0.260 e. The fraction of sp³-hybridized carbons (Fsp3) is 0.609. The maximum Gasteiger partial charge on any atom is 0.0652 e. The van der Waals surface area contributed by atoms with E-state index in [9.17, 15) is 0 Å². The topological polar surface area (TPSA) is 38.7 Å². The summed E-state index contributed by atoms with van der Waals surface area (Å²) in [4.78, 5) is 14.3. The fourth-order valence-electron chi connectivity index (χ4n) is 2.89. The van der Waals surface area contributed by atoms with E-state index >= 15 is 0 Å². The minimum absolute atomic E-state index is 0.00946. The van der Waals surface area contributed by atoms with Gasteiger partial charge in [-0.1, -0.05) is 75.3 Å². The summed E-state index contributed by atoms with van der Waals surface area (Å²) in [5.74, 6) is 0. The van der Waals surface area contributed by atoms with E-state index in [-0.39, 0.29) is 21.7 Å². The van der Waals surface area contributed by atoms with Crippen LogP contribution >= 0.6 is 0 Å². The molecular formula is C23H35N3. The molecule has 2 heterocycles. The van der Waals surface area contributed by atoms with Crippen LogP contribution in [-0.2, 0) is 21.7 Å². The molecule has 2 aromatic heterocycles. The second kappa shape index (κ2) is 6.44. The minimum Gasteiger partial charge on any atom is -0.260 e. The molecule has 0 aliphatic carbocycles. The number of pyridine rings is 1. The molecule has 0 aliphatic heterocycles. The van der Waals surface area contributed by atoms with Crippen molar-refractivity contribution in [2.45, 2.75) is 90.9 Å². The third-order valence-electron chi connectivity index (χ3n) is 5.89. The molecule has 3 heteroatoms. The summed E-state index contributed by atoms with van der Waals surface area (Å²) in [6, 6.07) is 4.37. The van der Waals surface area contributed by atoms with Gasteiger partial charge in [0.15, 0.2) is 0 Å². The number of nitrogens with zero attached hydrogens (tertiary/aromatic N) is 3. The van der Waals surface area contributed by atoms with Crippen molar-refractivity contribution in [3.8, 4) is 0 Å². The second-order valence-electron chi connectivity index (χ2n) is 10.5. The van der Waals surface area contributed by atoms with Crippen molar-refractivity contribution in [3.63, 3.8) is 0 Å². The molecule has 0 saturated heterocycles. The lowest BCUT2D eigenvalue weighted by Gasteiger charge is -2.41. The number of hydrogen-bond acceptors (Lipinski definition) is 3. The zero-order chi connectivity index (χ0) is 20.0. The molecule has 0 spiro atoms. The Morgan fingerprint density at radius 2 is 0.962 bits per heavy atom. The Hall–Kier alpha value is -1.77. The van der Waals surface area contributed by atoms with Gasteiger partial charge in [-0.25, -0.2) is 0 Å². The van der Waals surface area contributed by atoms with E-state index in [2.05, 4.69) is 86.4 Å². The number of hydrogen-bond donors (Lipinski definition) is 0. The SMILES string of the molecule is CC(C)(C)c1ccc(C(C)(C)C(C)(C)c2cnc(C(C)(C)C)cn2)nc1. The lowest BCUT2D eigenvalue weighted by molar-refractivity contribution is 0.286. The zero-order valence-corrected chi connectivity index (χ0v) is 18.2. The zero-order valence-electron chi connectivity index (χ0n) is 18.2. The van der Waals surface area contributed by atoms with Gasteiger partial charge in [0.1, 0.15) is 0 Å². The molecule has 0 unspecified atom stereocenters. The highest BCUT2D eigenvalue weighted by molar-refractivity contribution is 5.31. The average Bonchev–Trinajstić information content (AvgIpc) is 2.53. The van der Waals surface area contributed by atoms with Crippen LogP contribution in [0.25, 0.3) is 0 Å². The number of rotatable bonds is 3. The monoisotopic (exact) mass is 353 g/mol. The molecule has 0 atom stereocenters. The Morgan fingerprint density at radius 1 is 0.500 bits per heavy atom. The molecule has 142 valence electrons. The number of aromatic nitrogens is 3. The van der Waals surface area contributed by atoms with Gasteiger partial charge in [0.2, 0.25) is 0 Å². The molecule has 0 amide bonds. The van der Waals surface area contributed by atoms with E-state index in [0.717, 1.165) is 17.1 Å². The highest BCUT2D eigenvalue weighted by atomic mass is 14.8. The smallest absolute Gasteiger partial charge is 0.0652 e. The van der Waals surface area contributed by atoms with Crippen LogP contribution in [0.5, 0.6) is 0 Å². The predicted molar refractivity (Wildman–Crippen MR) is 110 cm³/mol. The van der Waals surface area contributed by atoms with E-state index in [1.807, 2.05) is 18.6 Å². The summed E-state index contributed by atoms with van der Waals surface area (Å²) in [6.07, 6.45) is 5.87. The van der Waals surface area contributed by atoms with Crippen molar-refractivity contribution in [2.75, 3.05) is 0 Å². The maximum absolute atomic E-state index is 4.82. The van der Waals surface area contributed by atoms with Gasteiger partial charge in [-0.3, -0.25) is 15.0 Å². The molecule has 0 saturated carbocycles. The van der Waals surface area contributed by atoms with Crippen molar-refractivity contribution in [3.05, 3.63) is 53.4 Å². The van der Waals surface area contributed by atoms with E-state index < -0.39 is 0 Å². The highest BCUT2D eigenvalue weighted by Gasteiger charge is 2.42. The molecule has 0 fully saturated rings. The van der Waals surface area contributed by atoms with Gasteiger partial charge < -0.3 is 0 Å². The standard InChI is InChI=1S/C23H35N3/c1-20(2,3)16-11-12-17(24-13-16)22(7,8)23(9,10)19-15-25-18(14-26-19)21(4,5)6/h11-15H,1-10H3. The Bertz CT molecular complexity index is 673. The lowest BCUT2D eigenvalue weighted by Crippen LogP contribution is -2.42. The Balaban J connectivity index is 2.40. The van der Waals surface area contributed by atoms with Crippen molar-refractivity contribution in [1.29, 1.82) is 0 Å². The second-order valence-corrected chi connectivity index (χ2v) is 10.5. The summed E-state index contributed by atoms with van der Waals surface area (Å²) >= 11 is 0. The van der Waals surface area contributed by atoms with Gasteiger partial charge >= 0.3 is 0 Å². The summed E-state index contributed by atoms with van der Waals surface area (Å²) in [5.41, 5.74) is 4.09. The van der Waals surface area contributed by atoms with Crippen LogP contribution in [0.15, 0.2) is 30.7 Å². The average molecular weight is 354 g/mol. The van der Waals surface area contributed by atoms with Gasteiger partial charge in [-0.2, -0.15) is 0 Å². The van der Waals surface area contributed by atoms with Crippen molar-refractivity contribution in [1.82, 2.24) is 15.0 Å². The van der Waals surface area contributed by atoms with Crippen molar-refractivity contribution >= 4 is 0 Å². The summed E-state index contributed by atoms with van der Waals surface area (Å²) in [5, 5.41) is 0. The van der Waals surface area contributed by atoms with E-state index in [4.69, 9.17) is 9.97 Å². The molecule has 2 aromatic rings. The first kappa shape index (κ1) is 20.5. The quantitative estimate of drug-likeness (QED) is 0.708. The highest BCUT2D eigenvalue weighted by Crippen LogP contribution is 2.42. The molecule has 0 aromatic carbocycles. The van der Waals surface area contributed by atoms with Crippen molar-refractivity contribution in [2.24, 2.45) is 0 Å². The molecule has 0 bridgehead atoms. The normalized spacial score (nSPS) is 13.8. The first-order valence-corrected chi connectivity index (χ1v) is 9.47. The molecule has 2 rings (SSSR count). The molecule has 0 radical (unpaired) electrons. The van der Waals surface area contributed by atoms with Crippen LogP contribution in [0.3, 0.4) is 0 Å². The molecular weight excluding hydrogens is 318 g/mol. The fourth-order valence-corrected chi connectivity index (χ4v) is 2.89. The molecule has 3 nitrogen and oxygen atoms in total. The van der Waals surface area contributed by atoms with E-state index in [0.29, 0.717) is 0 Å². The van der Waals surface area contributed by atoms with E-state index in [1.165, 1.54) is 5.56 Å². The first-order valence-electron chi connectivity index (χ1n) is 9.47. The van der Waals surface area contributed by atoms with Gasteiger partial charge in [0.05, 0.1) is 11.4 Å². The van der Waals surface area contributed by atoms with Crippen LogP contribution in [-0.4, -0.2) is 15.0 Å². The lowest BCUT2D eigenvalue weighted by atomic mass is 9.64. The predicted octanol–water partition coefficient (Wildman–Crippen LogP) is 5.72. The summed E-state index contributed by atoms with van der Waals surface area (Å²) in [6.45, 7) is 22.1. The third-order valence-corrected chi connectivity index (χ3v) is 5.89. The van der Waals surface area contributed by atoms with Crippen LogP contribution in [0.4, 0.5) is 0 Å². The third kappa shape index (κ3) is 3.82. The minimum atomic E-state index is -0.202. The van der Waals surface area contributed by atoms with Gasteiger partial charge in [-0.15, -0.1) is 0 Å². The van der Waals surface area contributed by atoms with Gasteiger partial charge in [0.25, 0.3) is 0 Å². The molecule has 26 heavy (non-hydrogen) atoms. The van der Waals surface area contributed by atoms with Crippen LogP contribution in [0.2, 0.25) is 0 Å². The Labute approximate surface area is 159 Å². The maximum atomic E-state index is 4.82. The molecule has 0 N–H and O–H groups in total. The summed E-state index contributed by atoms with van der Waals surface area (Å²) in [7, 11) is 0. The first-order chi connectivity index (χ1) is 11.7. The molecule has 0 aliphatic rings. The van der Waals surface area contributed by atoms with E-state index in [1.54, 1.807) is 0 Å². The van der Waals surface area contributed by atoms with Crippen molar-refractivity contribution < 1.29 is 0 Å². The van der Waals surface area contributed by atoms with Crippen LogP contribution in [0, 0.1) is 0 Å². The summed E-state index contributed by atoms with van der Waals surface area (Å²) < 4.78 is 0.